The summed E-state index contributed by atoms with van der Waals surface area (Å²) in [6.07, 6.45) is -6.15. The molecule has 0 saturated carbocycles. The summed E-state index contributed by atoms with van der Waals surface area (Å²) in [5.74, 6) is -1.46. The minimum absolute atomic E-state index is 0.0411. The highest BCUT2D eigenvalue weighted by molar-refractivity contribution is 6.30. The largest absolute Gasteiger partial charge is 0.496 e. The molecule has 37 heavy (non-hydrogen) atoms. The first-order valence-electron chi connectivity index (χ1n) is 11.3. The number of aliphatic carboxylic acids is 1. The van der Waals surface area contributed by atoms with Crippen LogP contribution in [0.1, 0.15) is 29.2 Å². The fourth-order valence-electron chi connectivity index (χ4n) is 3.83. The number of alkyl halides is 3. The van der Waals surface area contributed by atoms with Crippen LogP contribution in [-0.4, -0.2) is 35.7 Å². The molecule has 6 nitrogen and oxygen atoms in total. The number of halogens is 4. The van der Waals surface area contributed by atoms with Gasteiger partial charge in [0.2, 0.25) is 0 Å². The van der Waals surface area contributed by atoms with Crippen molar-refractivity contribution >= 4 is 23.7 Å². The standard InChI is InChI=1S/C27H25ClF3NO5/c1-3-32(26(35)37-16-17-8-10-20(28)11-9-17)15-18-6-4-5-7-21(18)22-12-19(13-25(33)34)23(27(29,30)31)14-24(22)36-2/h4-12,14H,3,13,15-16H2,1-2H3,(H,33,34). The molecule has 3 aromatic rings. The Bertz CT molecular complexity index is 1260. The van der Waals surface area contributed by atoms with Gasteiger partial charge in [0.25, 0.3) is 0 Å². The molecule has 0 fully saturated rings. The molecular weight excluding hydrogens is 511 g/mol. The van der Waals surface area contributed by atoms with Gasteiger partial charge in [0.15, 0.2) is 0 Å². The van der Waals surface area contributed by atoms with Gasteiger partial charge < -0.3 is 19.5 Å². The van der Waals surface area contributed by atoms with Gasteiger partial charge in [-0.05, 0) is 53.4 Å². The van der Waals surface area contributed by atoms with Crippen molar-refractivity contribution < 1.29 is 37.3 Å². The van der Waals surface area contributed by atoms with Crippen molar-refractivity contribution in [1.82, 2.24) is 4.90 Å². The summed E-state index contributed by atoms with van der Waals surface area (Å²) in [5.41, 5.74) is 0.702. The number of ether oxygens (including phenoxy) is 2. The summed E-state index contributed by atoms with van der Waals surface area (Å²) in [6, 6.07) is 15.7. The molecule has 0 aliphatic rings. The topological polar surface area (TPSA) is 76.1 Å². The van der Waals surface area contributed by atoms with E-state index >= 15 is 0 Å². The molecule has 0 spiro atoms. The third-order valence-corrected chi connectivity index (χ3v) is 5.91. The van der Waals surface area contributed by atoms with Gasteiger partial charge >= 0.3 is 18.2 Å². The van der Waals surface area contributed by atoms with Crippen LogP contribution in [0.4, 0.5) is 18.0 Å². The molecule has 3 aromatic carbocycles. The summed E-state index contributed by atoms with van der Waals surface area (Å²) in [6.45, 7) is 2.22. The van der Waals surface area contributed by atoms with E-state index in [0.29, 0.717) is 22.7 Å². The number of benzene rings is 3. The second-order valence-electron chi connectivity index (χ2n) is 8.13. The minimum Gasteiger partial charge on any atom is -0.496 e. The van der Waals surface area contributed by atoms with Crippen molar-refractivity contribution in [3.63, 3.8) is 0 Å². The first-order valence-corrected chi connectivity index (χ1v) is 11.7. The Balaban J connectivity index is 1.94. The predicted molar refractivity (Wildman–Crippen MR) is 132 cm³/mol. The van der Waals surface area contributed by atoms with Crippen LogP contribution in [0.15, 0.2) is 60.7 Å². The zero-order chi connectivity index (χ0) is 27.2. The molecule has 0 atom stereocenters. The van der Waals surface area contributed by atoms with Crippen LogP contribution >= 0.6 is 11.6 Å². The van der Waals surface area contributed by atoms with Crippen LogP contribution in [0.5, 0.6) is 5.75 Å². The van der Waals surface area contributed by atoms with E-state index in [-0.39, 0.29) is 30.0 Å². The maximum atomic E-state index is 13.6. The molecule has 0 bridgehead atoms. The summed E-state index contributed by atoms with van der Waals surface area (Å²) >= 11 is 5.88. The lowest BCUT2D eigenvalue weighted by molar-refractivity contribution is -0.139. The van der Waals surface area contributed by atoms with Crippen LogP contribution in [-0.2, 0) is 35.3 Å². The van der Waals surface area contributed by atoms with Gasteiger partial charge in [-0.15, -0.1) is 0 Å². The number of hydrogen-bond donors (Lipinski definition) is 1. The summed E-state index contributed by atoms with van der Waals surface area (Å²) < 4.78 is 51.6. The molecule has 0 aliphatic carbocycles. The highest BCUT2D eigenvalue weighted by Gasteiger charge is 2.35. The molecule has 196 valence electrons. The number of amides is 1. The molecule has 0 unspecified atom stereocenters. The zero-order valence-corrected chi connectivity index (χ0v) is 20.9. The van der Waals surface area contributed by atoms with E-state index in [1.807, 2.05) is 0 Å². The monoisotopic (exact) mass is 535 g/mol. The Hall–Kier alpha value is -3.72. The average Bonchev–Trinajstić information content (AvgIpc) is 2.85. The Morgan fingerprint density at radius 3 is 2.27 bits per heavy atom. The van der Waals surface area contributed by atoms with Gasteiger partial charge in [0.05, 0.1) is 19.1 Å². The molecule has 1 N–H and O–H groups in total. The Labute approximate surface area is 217 Å². The highest BCUT2D eigenvalue weighted by Crippen LogP contribution is 2.41. The Morgan fingerprint density at radius 2 is 1.68 bits per heavy atom. The zero-order valence-electron chi connectivity index (χ0n) is 20.1. The fraction of sp³-hybridized carbons (Fsp3) is 0.259. The SMILES string of the molecule is CCN(Cc1ccccc1-c1cc(CC(=O)O)c(C(F)(F)F)cc1OC)C(=O)OCc1ccc(Cl)cc1. The molecule has 3 rings (SSSR count). The highest BCUT2D eigenvalue weighted by atomic mass is 35.5. The number of carboxylic acids is 1. The first-order chi connectivity index (χ1) is 17.5. The minimum atomic E-state index is -4.76. The number of rotatable bonds is 9. The molecule has 10 heteroatoms. The van der Waals surface area contributed by atoms with Crippen LogP contribution < -0.4 is 4.74 Å². The lowest BCUT2D eigenvalue weighted by Crippen LogP contribution is -2.31. The van der Waals surface area contributed by atoms with E-state index in [9.17, 15) is 27.9 Å². The van der Waals surface area contributed by atoms with Gasteiger partial charge in [-0.2, -0.15) is 13.2 Å². The van der Waals surface area contributed by atoms with Gasteiger partial charge in [-0.25, -0.2) is 4.79 Å². The number of hydrogen-bond acceptors (Lipinski definition) is 4. The maximum Gasteiger partial charge on any atom is 0.416 e. The summed E-state index contributed by atoms with van der Waals surface area (Å²) in [5, 5.41) is 9.76. The predicted octanol–water partition coefficient (Wildman–Crippen LogP) is 6.82. The first kappa shape index (κ1) is 27.9. The molecular formula is C27H25ClF3NO5. The quantitative estimate of drug-likeness (QED) is 0.325. The molecule has 0 saturated heterocycles. The summed E-state index contributed by atoms with van der Waals surface area (Å²) in [4.78, 5) is 25.5. The lowest BCUT2D eigenvalue weighted by atomic mass is 9.93. The normalized spacial score (nSPS) is 11.2. The van der Waals surface area contributed by atoms with Gasteiger partial charge in [-0.3, -0.25) is 4.79 Å². The molecule has 0 aliphatic heterocycles. The van der Waals surface area contributed by atoms with Crippen LogP contribution in [0, 0.1) is 0 Å². The van der Waals surface area contributed by atoms with Gasteiger partial charge in [0.1, 0.15) is 12.4 Å². The van der Waals surface area contributed by atoms with E-state index in [1.165, 1.54) is 18.1 Å². The Kier molecular flexibility index (Phi) is 9.04. The van der Waals surface area contributed by atoms with Gasteiger partial charge in [-0.1, -0.05) is 48.0 Å². The van der Waals surface area contributed by atoms with E-state index < -0.39 is 30.2 Å². The van der Waals surface area contributed by atoms with Gasteiger partial charge in [0, 0.05) is 23.7 Å². The van der Waals surface area contributed by atoms with E-state index in [4.69, 9.17) is 21.1 Å². The van der Waals surface area contributed by atoms with E-state index in [2.05, 4.69) is 0 Å². The van der Waals surface area contributed by atoms with E-state index in [0.717, 1.165) is 11.6 Å². The summed E-state index contributed by atoms with van der Waals surface area (Å²) in [7, 11) is 1.24. The van der Waals surface area contributed by atoms with Crippen molar-refractivity contribution in [3.05, 3.63) is 87.9 Å². The molecule has 0 heterocycles. The number of carboxylic acid groups (broad SMARTS) is 1. The molecule has 0 radical (unpaired) electrons. The Morgan fingerprint density at radius 1 is 1.00 bits per heavy atom. The molecule has 0 aromatic heterocycles. The number of methoxy groups -OCH3 is 1. The second-order valence-corrected chi connectivity index (χ2v) is 8.57. The van der Waals surface area contributed by atoms with Crippen LogP contribution in [0.3, 0.4) is 0 Å². The van der Waals surface area contributed by atoms with Crippen molar-refractivity contribution in [2.24, 2.45) is 0 Å². The number of nitrogens with zero attached hydrogens (tertiary/aromatic N) is 1. The third kappa shape index (κ3) is 7.16. The van der Waals surface area contributed by atoms with E-state index in [1.54, 1.807) is 55.5 Å². The molecule has 1 amide bonds. The second kappa shape index (κ2) is 12.0. The van der Waals surface area contributed by atoms with Crippen molar-refractivity contribution in [2.45, 2.75) is 32.7 Å². The lowest BCUT2D eigenvalue weighted by Gasteiger charge is -2.23. The van der Waals surface area contributed by atoms with Crippen molar-refractivity contribution in [2.75, 3.05) is 13.7 Å². The van der Waals surface area contributed by atoms with Crippen LogP contribution in [0.25, 0.3) is 11.1 Å². The van der Waals surface area contributed by atoms with Crippen LogP contribution in [0.2, 0.25) is 5.02 Å². The smallest absolute Gasteiger partial charge is 0.416 e. The van der Waals surface area contributed by atoms with Crippen molar-refractivity contribution in [3.8, 4) is 16.9 Å². The maximum absolute atomic E-state index is 13.6. The average molecular weight is 536 g/mol. The third-order valence-electron chi connectivity index (χ3n) is 5.66. The number of carbonyl (C=O) groups excluding carboxylic acids is 1. The fourth-order valence-corrected chi connectivity index (χ4v) is 3.95. The number of carbonyl (C=O) groups is 2. The van der Waals surface area contributed by atoms with Crippen molar-refractivity contribution in [1.29, 1.82) is 0 Å².